The van der Waals surface area contributed by atoms with Crippen molar-refractivity contribution in [3.63, 3.8) is 0 Å². The van der Waals surface area contributed by atoms with Gasteiger partial charge >= 0.3 is 0 Å². The van der Waals surface area contributed by atoms with E-state index >= 15 is 0 Å². The Labute approximate surface area is 190 Å². The molecule has 1 N–H and O–H groups in total. The molecule has 1 amide bonds. The molecule has 1 heterocycles. The number of aryl methyl sites for hydroxylation is 3. The molecule has 0 radical (unpaired) electrons. The number of hydrogen-bond acceptors (Lipinski definition) is 4. The predicted octanol–water partition coefficient (Wildman–Crippen LogP) is 4.82. The number of hydrazone groups is 1. The van der Waals surface area contributed by atoms with Gasteiger partial charge < -0.3 is 4.74 Å². The average Bonchev–Trinajstić information content (AvgIpc) is 3.01. The van der Waals surface area contributed by atoms with E-state index in [-0.39, 0.29) is 12.5 Å². The second-order valence-electron chi connectivity index (χ2n) is 8.51. The Morgan fingerprint density at radius 1 is 1.09 bits per heavy atom. The van der Waals surface area contributed by atoms with Gasteiger partial charge in [0.05, 0.1) is 18.5 Å². The van der Waals surface area contributed by atoms with Crippen LogP contribution in [-0.4, -0.2) is 28.5 Å². The standard InChI is InChI=1S/C26H32N4O2/c1-17(2)23-12-9-19(4)13-25(23)32-16-26(31)28-27-14-24-20(5)29-30(21(24)6)15-22-10-7-18(3)8-11-22/h7-14,17H,15-16H2,1-6H3,(H,28,31)/b27-14+. The second-order valence-corrected chi connectivity index (χ2v) is 8.51. The van der Waals surface area contributed by atoms with E-state index in [0.717, 1.165) is 33.8 Å². The third-order valence-corrected chi connectivity index (χ3v) is 5.42. The first-order chi connectivity index (χ1) is 15.2. The first-order valence-corrected chi connectivity index (χ1v) is 10.9. The van der Waals surface area contributed by atoms with Gasteiger partial charge in [-0.25, -0.2) is 5.43 Å². The van der Waals surface area contributed by atoms with E-state index in [9.17, 15) is 4.79 Å². The van der Waals surface area contributed by atoms with Crippen molar-refractivity contribution >= 4 is 12.1 Å². The molecular formula is C26H32N4O2. The normalized spacial score (nSPS) is 11.3. The van der Waals surface area contributed by atoms with E-state index in [4.69, 9.17) is 4.74 Å². The van der Waals surface area contributed by atoms with E-state index in [0.29, 0.717) is 12.5 Å². The zero-order valence-corrected chi connectivity index (χ0v) is 19.8. The van der Waals surface area contributed by atoms with Crippen molar-refractivity contribution < 1.29 is 9.53 Å². The highest BCUT2D eigenvalue weighted by Gasteiger charge is 2.12. The molecule has 0 fully saturated rings. The molecule has 6 nitrogen and oxygen atoms in total. The van der Waals surface area contributed by atoms with Gasteiger partial charge in [0.2, 0.25) is 0 Å². The summed E-state index contributed by atoms with van der Waals surface area (Å²) in [6.07, 6.45) is 1.65. The summed E-state index contributed by atoms with van der Waals surface area (Å²) in [7, 11) is 0. The summed E-state index contributed by atoms with van der Waals surface area (Å²) in [5, 5.41) is 8.75. The minimum absolute atomic E-state index is 0.0921. The summed E-state index contributed by atoms with van der Waals surface area (Å²) < 4.78 is 7.72. The Morgan fingerprint density at radius 2 is 1.78 bits per heavy atom. The number of carbonyl (C=O) groups excluding carboxylic acids is 1. The molecule has 0 saturated heterocycles. The van der Waals surface area contributed by atoms with Crippen LogP contribution in [0.3, 0.4) is 0 Å². The molecule has 0 bridgehead atoms. The summed E-state index contributed by atoms with van der Waals surface area (Å²) in [5.74, 6) is 0.747. The summed E-state index contributed by atoms with van der Waals surface area (Å²) in [5.41, 5.74) is 9.92. The highest BCUT2D eigenvalue weighted by atomic mass is 16.5. The first-order valence-electron chi connectivity index (χ1n) is 10.9. The number of amides is 1. The van der Waals surface area contributed by atoms with E-state index in [1.54, 1.807) is 6.21 Å². The fourth-order valence-electron chi connectivity index (χ4n) is 3.51. The van der Waals surface area contributed by atoms with Gasteiger partial charge in [-0.3, -0.25) is 9.48 Å². The molecule has 3 aromatic rings. The molecule has 0 aliphatic heterocycles. The number of rotatable bonds is 8. The smallest absolute Gasteiger partial charge is 0.277 e. The van der Waals surface area contributed by atoms with Crippen molar-refractivity contribution in [1.82, 2.24) is 15.2 Å². The Hall–Kier alpha value is -3.41. The van der Waals surface area contributed by atoms with Crippen molar-refractivity contribution in [2.45, 2.75) is 54.0 Å². The van der Waals surface area contributed by atoms with Crippen LogP contribution in [0.5, 0.6) is 5.75 Å². The Kier molecular flexibility index (Phi) is 7.46. The quantitative estimate of drug-likeness (QED) is 0.410. The topological polar surface area (TPSA) is 68.5 Å². The largest absolute Gasteiger partial charge is 0.483 e. The van der Waals surface area contributed by atoms with Crippen LogP contribution in [0.25, 0.3) is 0 Å². The lowest BCUT2D eigenvalue weighted by molar-refractivity contribution is -0.123. The molecule has 2 aromatic carbocycles. The zero-order chi connectivity index (χ0) is 23.3. The predicted molar refractivity (Wildman–Crippen MR) is 128 cm³/mol. The van der Waals surface area contributed by atoms with E-state index in [1.807, 2.05) is 37.6 Å². The molecule has 168 valence electrons. The SMILES string of the molecule is Cc1ccc(Cn2nc(C)c(/C=N/NC(=O)COc3cc(C)ccc3C(C)C)c2C)cc1. The lowest BCUT2D eigenvalue weighted by atomic mass is 10.0. The molecule has 1 aromatic heterocycles. The summed E-state index contributed by atoms with van der Waals surface area (Å²) in [6, 6.07) is 14.5. The van der Waals surface area contributed by atoms with Gasteiger partial charge in [-0.15, -0.1) is 0 Å². The molecule has 0 unspecified atom stereocenters. The molecule has 0 aliphatic rings. The van der Waals surface area contributed by atoms with E-state index in [2.05, 4.69) is 66.7 Å². The minimum Gasteiger partial charge on any atom is -0.483 e. The van der Waals surface area contributed by atoms with Gasteiger partial charge in [-0.05, 0) is 56.4 Å². The van der Waals surface area contributed by atoms with Crippen molar-refractivity contribution in [1.29, 1.82) is 0 Å². The van der Waals surface area contributed by atoms with Gasteiger partial charge in [0.25, 0.3) is 5.91 Å². The Balaban J connectivity index is 1.60. The molecule has 6 heteroatoms. The van der Waals surface area contributed by atoms with Crippen molar-refractivity contribution in [2.24, 2.45) is 5.10 Å². The van der Waals surface area contributed by atoms with Crippen LogP contribution in [0.2, 0.25) is 0 Å². The van der Waals surface area contributed by atoms with Crippen LogP contribution in [0.4, 0.5) is 0 Å². The van der Waals surface area contributed by atoms with Crippen molar-refractivity contribution in [3.05, 3.63) is 81.7 Å². The monoisotopic (exact) mass is 432 g/mol. The second kappa shape index (κ2) is 10.3. The average molecular weight is 433 g/mol. The Bertz CT molecular complexity index is 1110. The number of aromatic nitrogens is 2. The van der Waals surface area contributed by atoms with E-state index in [1.165, 1.54) is 11.1 Å². The molecule has 0 spiro atoms. The number of benzene rings is 2. The number of nitrogens with zero attached hydrogens (tertiary/aromatic N) is 3. The van der Waals surface area contributed by atoms with Crippen LogP contribution in [0, 0.1) is 27.7 Å². The lowest BCUT2D eigenvalue weighted by Crippen LogP contribution is -2.25. The number of nitrogens with one attached hydrogen (secondary N) is 1. The van der Waals surface area contributed by atoms with Crippen LogP contribution in [-0.2, 0) is 11.3 Å². The number of carbonyl (C=O) groups is 1. The molecular weight excluding hydrogens is 400 g/mol. The fraction of sp³-hybridized carbons (Fsp3) is 0.346. The Morgan fingerprint density at radius 3 is 2.47 bits per heavy atom. The molecule has 32 heavy (non-hydrogen) atoms. The van der Waals surface area contributed by atoms with Gasteiger partial charge in [-0.1, -0.05) is 55.8 Å². The summed E-state index contributed by atoms with van der Waals surface area (Å²) in [4.78, 5) is 12.2. The van der Waals surface area contributed by atoms with Crippen LogP contribution in [0.15, 0.2) is 47.6 Å². The minimum atomic E-state index is -0.306. The highest BCUT2D eigenvalue weighted by Crippen LogP contribution is 2.27. The van der Waals surface area contributed by atoms with Crippen molar-refractivity contribution in [3.8, 4) is 5.75 Å². The fourth-order valence-corrected chi connectivity index (χ4v) is 3.51. The van der Waals surface area contributed by atoms with Gasteiger partial charge in [0.1, 0.15) is 5.75 Å². The lowest BCUT2D eigenvalue weighted by Gasteiger charge is -2.14. The molecule has 0 saturated carbocycles. The van der Waals surface area contributed by atoms with Gasteiger partial charge in [-0.2, -0.15) is 10.2 Å². The zero-order valence-electron chi connectivity index (χ0n) is 19.8. The molecule has 0 atom stereocenters. The highest BCUT2D eigenvalue weighted by molar-refractivity contribution is 5.84. The van der Waals surface area contributed by atoms with Crippen LogP contribution < -0.4 is 10.2 Å². The maximum atomic E-state index is 12.2. The molecule has 3 rings (SSSR count). The maximum absolute atomic E-state index is 12.2. The first kappa shape index (κ1) is 23.3. The summed E-state index contributed by atoms with van der Waals surface area (Å²) in [6.45, 7) is 12.8. The number of hydrogen-bond donors (Lipinski definition) is 1. The maximum Gasteiger partial charge on any atom is 0.277 e. The van der Waals surface area contributed by atoms with Gasteiger partial charge in [0, 0.05) is 11.3 Å². The summed E-state index contributed by atoms with van der Waals surface area (Å²) >= 11 is 0. The van der Waals surface area contributed by atoms with E-state index < -0.39 is 0 Å². The van der Waals surface area contributed by atoms with Crippen molar-refractivity contribution in [2.75, 3.05) is 6.61 Å². The third kappa shape index (κ3) is 5.84. The molecule has 0 aliphatic carbocycles. The van der Waals surface area contributed by atoms with Crippen LogP contribution in [0.1, 0.15) is 59.0 Å². The van der Waals surface area contributed by atoms with Gasteiger partial charge in [0.15, 0.2) is 6.61 Å². The van der Waals surface area contributed by atoms with Crippen LogP contribution >= 0.6 is 0 Å². The number of ether oxygens (including phenoxy) is 1. The third-order valence-electron chi connectivity index (χ3n) is 5.42.